The Morgan fingerprint density at radius 1 is 1.20 bits per heavy atom. The number of sulfonamides is 1. The smallest absolute Gasteiger partial charge is 0.254 e. The maximum atomic E-state index is 13.1. The minimum absolute atomic E-state index is 0.0445. The second kappa shape index (κ2) is 7.76. The molecule has 1 atom stereocenters. The standard InChI is InChI=1S/C18H21FN2O3S/c1-4-20-25(23,24)17-7-5-6-15(12-17)18(22)21(3)13(2)14-8-10-16(19)11-9-14/h5-13,20H,4H2,1-3H3. The number of carbonyl (C=O) groups is 1. The van der Waals surface area contributed by atoms with Crippen molar-refractivity contribution in [2.45, 2.75) is 24.8 Å². The van der Waals surface area contributed by atoms with Gasteiger partial charge in [-0.05, 0) is 42.8 Å². The molecule has 1 N–H and O–H groups in total. The van der Waals surface area contributed by atoms with Crippen LogP contribution in [0.25, 0.3) is 0 Å². The number of amides is 1. The second-order valence-corrected chi connectivity index (χ2v) is 7.44. The maximum Gasteiger partial charge on any atom is 0.254 e. The molecule has 2 aromatic rings. The highest BCUT2D eigenvalue weighted by molar-refractivity contribution is 7.89. The Hall–Kier alpha value is -2.25. The molecule has 0 aliphatic carbocycles. The van der Waals surface area contributed by atoms with Gasteiger partial charge < -0.3 is 4.90 Å². The molecule has 0 spiro atoms. The molecule has 2 rings (SSSR count). The summed E-state index contributed by atoms with van der Waals surface area (Å²) in [6.45, 7) is 3.77. The van der Waals surface area contributed by atoms with Gasteiger partial charge in [0.25, 0.3) is 5.91 Å². The van der Waals surface area contributed by atoms with Gasteiger partial charge in [0.1, 0.15) is 5.82 Å². The number of hydrogen-bond donors (Lipinski definition) is 1. The van der Waals surface area contributed by atoms with E-state index in [0.717, 1.165) is 5.56 Å². The summed E-state index contributed by atoms with van der Waals surface area (Å²) in [5.74, 6) is -0.656. The highest BCUT2D eigenvalue weighted by atomic mass is 32.2. The Labute approximate surface area is 147 Å². The van der Waals surface area contributed by atoms with Crippen molar-refractivity contribution in [1.29, 1.82) is 0 Å². The quantitative estimate of drug-likeness (QED) is 0.857. The van der Waals surface area contributed by atoms with Crippen LogP contribution >= 0.6 is 0 Å². The number of hydrogen-bond acceptors (Lipinski definition) is 3. The van der Waals surface area contributed by atoms with Crippen molar-refractivity contribution in [2.24, 2.45) is 0 Å². The average molecular weight is 364 g/mol. The van der Waals surface area contributed by atoms with Crippen LogP contribution in [0.1, 0.15) is 35.8 Å². The average Bonchev–Trinajstić information content (AvgIpc) is 2.60. The van der Waals surface area contributed by atoms with E-state index in [9.17, 15) is 17.6 Å². The minimum atomic E-state index is -3.63. The third kappa shape index (κ3) is 4.43. The van der Waals surface area contributed by atoms with Gasteiger partial charge in [0.05, 0.1) is 10.9 Å². The topological polar surface area (TPSA) is 66.5 Å². The molecule has 5 nitrogen and oxygen atoms in total. The molecule has 2 aromatic carbocycles. The third-order valence-electron chi connectivity index (χ3n) is 3.98. The third-order valence-corrected chi connectivity index (χ3v) is 5.52. The lowest BCUT2D eigenvalue weighted by molar-refractivity contribution is 0.0742. The van der Waals surface area contributed by atoms with Gasteiger partial charge >= 0.3 is 0 Å². The molecular weight excluding hydrogens is 343 g/mol. The molecule has 134 valence electrons. The predicted octanol–water partition coefficient (Wildman–Crippen LogP) is 2.96. The second-order valence-electron chi connectivity index (χ2n) is 5.67. The molecule has 7 heteroatoms. The van der Waals surface area contributed by atoms with Crippen LogP contribution in [0.2, 0.25) is 0 Å². The molecule has 0 aliphatic heterocycles. The molecule has 0 heterocycles. The van der Waals surface area contributed by atoms with Crippen molar-refractivity contribution in [3.63, 3.8) is 0 Å². The van der Waals surface area contributed by atoms with E-state index in [4.69, 9.17) is 0 Å². The molecule has 1 amide bonds. The first-order valence-electron chi connectivity index (χ1n) is 7.88. The van der Waals surface area contributed by atoms with Gasteiger partial charge in [0.15, 0.2) is 0 Å². The summed E-state index contributed by atoms with van der Waals surface area (Å²) in [5.41, 5.74) is 1.06. The fraction of sp³-hybridized carbons (Fsp3) is 0.278. The summed E-state index contributed by atoms with van der Waals surface area (Å²) in [7, 11) is -2.00. The SMILES string of the molecule is CCNS(=O)(=O)c1cccc(C(=O)N(C)C(C)c2ccc(F)cc2)c1. The first-order valence-corrected chi connectivity index (χ1v) is 9.37. The van der Waals surface area contributed by atoms with E-state index in [1.54, 1.807) is 32.2 Å². The van der Waals surface area contributed by atoms with Crippen molar-refractivity contribution in [2.75, 3.05) is 13.6 Å². The Morgan fingerprint density at radius 2 is 1.84 bits per heavy atom. The van der Waals surface area contributed by atoms with Gasteiger partial charge in [-0.1, -0.05) is 25.1 Å². The Kier molecular flexibility index (Phi) is 5.92. The lowest BCUT2D eigenvalue weighted by atomic mass is 10.1. The first-order chi connectivity index (χ1) is 11.8. The molecule has 0 radical (unpaired) electrons. The summed E-state index contributed by atoms with van der Waals surface area (Å²) in [6, 6.07) is 11.5. The number of carbonyl (C=O) groups excluding carboxylic acids is 1. The van der Waals surface area contributed by atoms with Crippen molar-refractivity contribution in [3.8, 4) is 0 Å². The Balaban J connectivity index is 2.26. The van der Waals surface area contributed by atoms with Crippen LogP contribution in [0.15, 0.2) is 53.4 Å². The molecule has 25 heavy (non-hydrogen) atoms. The zero-order valence-electron chi connectivity index (χ0n) is 14.4. The van der Waals surface area contributed by atoms with Gasteiger partial charge in [-0.3, -0.25) is 4.79 Å². The molecule has 0 aromatic heterocycles. The predicted molar refractivity (Wildman–Crippen MR) is 94.2 cm³/mol. The van der Waals surface area contributed by atoms with E-state index in [-0.39, 0.29) is 34.8 Å². The van der Waals surface area contributed by atoms with Crippen LogP contribution in [0.4, 0.5) is 4.39 Å². The normalized spacial score (nSPS) is 12.6. The summed E-state index contributed by atoms with van der Waals surface area (Å²) < 4.78 is 39.6. The van der Waals surface area contributed by atoms with Crippen LogP contribution in [-0.4, -0.2) is 32.8 Å². The van der Waals surface area contributed by atoms with Crippen molar-refractivity contribution >= 4 is 15.9 Å². The van der Waals surface area contributed by atoms with Gasteiger partial charge in [-0.2, -0.15) is 0 Å². The zero-order valence-corrected chi connectivity index (χ0v) is 15.2. The monoisotopic (exact) mass is 364 g/mol. The summed E-state index contributed by atoms with van der Waals surface area (Å²) in [4.78, 5) is 14.2. The van der Waals surface area contributed by atoms with Gasteiger partial charge in [0, 0.05) is 19.2 Å². The van der Waals surface area contributed by atoms with E-state index >= 15 is 0 Å². The highest BCUT2D eigenvalue weighted by Crippen LogP contribution is 2.22. The Morgan fingerprint density at radius 3 is 2.44 bits per heavy atom. The molecule has 0 aliphatic rings. The van der Waals surface area contributed by atoms with E-state index in [1.165, 1.54) is 35.2 Å². The lowest BCUT2D eigenvalue weighted by Crippen LogP contribution is -2.30. The number of halogens is 1. The number of benzene rings is 2. The maximum absolute atomic E-state index is 13.1. The molecule has 0 saturated heterocycles. The lowest BCUT2D eigenvalue weighted by Gasteiger charge is -2.25. The van der Waals surface area contributed by atoms with Crippen molar-refractivity contribution in [1.82, 2.24) is 9.62 Å². The van der Waals surface area contributed by atoms with E-state index < -0.39 is 10.0 Å². The van der Waals surface area contributed by atoms with Crippen molar-refractivity contribution < 1.29 is 17.6 Å². The Bertz CT molecular complexity index is 851. The van der Waals surface area contributed by atoms with Gasteiger partial charge in [-0.15, -0.1) is 0 Å². The fourth-order valence-electron chi connectivity index (χ4n) is 2.41. The minimum Gasteiger partial charge on any atom is -0.335 e. The molecule has 0 bridgehead atoms. The molecule has 0 saturated carbocycles. The zero-order chi connectivity index (χ0) is 18.6. The first kappa shape index (κ1) is 19.1. The number of nitrogens with one attached hydrogen (secondary N) is 1. The number of rotatable bonds is 6. The van der Waals surface area contributed by atoms with Crippen LogP contribution in [-0.2, 0) is 10.0 Å². The van der Waals surface area contributed by atoms with E-state index in [1.807, 2.05) is 6.92 Å². The van der Waals surface area contributed by atoms with Crippen LogP contribution < -0.4 is 4.72 Å². The van der Waals surface area contributed by atoms with Gasteiger partial charge in [0.2, 0.25) is 10.0 Å². The van der Waals surface area contributed by atoms with E-state index in [0.29, 0.717) is 0 Å². The number of nitrogens with zero attached hydrogens (tertiary/aromatic N) is 1. The summed E-state index contributed by atoms with van der Waals surface area (Å²) in [5, 5.41) is 0. The summed E-state index contributed by atoms with van der Waals surface area (Å²) >= 11 is 0. The highest BCUT2D eigenvalue weighted by Gasteiger charge is 2.21. The van der Waals surface area contributed by atoms with Crippen LogP contribution in [0.3, 0.4) is 0 Å². The van der Waals surface area contributed by atoms with Crippen LogP contribution in [0.5, 0.6) is 0 Å². The summed E-state index contributed by atoms with van der Waals surface area (Å²) in [6.07, 6.45) is 0. The van der Waals surface area contributed by atoms with Crippen LogP contribution in [0, 0.1) is 5.82 Å². The van der Waals surface area contributed by atoms with Gasteiger partial charge in [-0.25, -0.2) is 17.5 Å². The fourth-order valence-corrected chi connectivity index (χ4v) is 3.50. The van der Waals surface area contributed by atoms with E-state index in [2.05, 4.69) is 4.72 Å². The molecule has 0 fully saturated rings. The molecule has 1 unspecified atom stereocenters. The largest absolute Gasteiger partial charge is 0.335 e. The van der Waals surface area contributed by atoms with Crippen molar-refractivity contribution in [3.05, 3.63) is 65.5 Å². The molecular formula is C18H21FN2O3S.